The second-order valence-electron chi connectivity index (χ2n) is 6.08. The first kappa shape index (κ1) is 18.5. The highest BCUT2D eigenvalue weighted by atomic mass is 35.5. The number of piperidine rings is 1. The van der Waals surface area contributed by atoms with E-state index in [0.29, 0.717) is 53.0 Å². The molecule has 136 valence electrons. The van der Waals surface area contributed by atoms with Crippen LogP contribution in [0.25, 0.3) is 0 Å². The lowest BCUT2D eigenvalue weighted by molar-refractivity contribution is -0.143. The Bertz CT molecular complexity index is 815. The summed E-state index contributed by atoms with van der Waals surface area (Å²) in [7, 11) is 0. The third-order valence-electron chi connectivity index (χ3n) is 4.38. The van der Waals surface area contributed by atoms with Crippen LogP contribution in [0.3, 0.4) is 0 Å². The number of nitrogens with zero attached hydrogens (tertiary/aromatic N) is 1. The van der Waals surface area contributed by atoms with Crippen LogP contribution in [0, 0.1) is 5.92 Å². The van der Waals surface area contributed by atoms with Crippen molar-refractivity contribution in [2.45, 2.75) is 12.8 Å². The largest absolute Gasteiger partial charge is 0.481 e. The van der Waals surface area contributed by atoms with Crippen LogP contribution in [0.5, 0.6) is 11.5 Å². The third-order valence-corrected chi connectivity index (χ3v) is 5.18. The van der Waals surface area contributed by atoms with Gasteiger partial charge in [-0.2, -0.15) is 0 Å². The van der Waals surface area contributed by atoms with E-state index in [1.807, 2.05) is 0 Å². The van der Waals surface area contributed by atoms with Crippen LogP contribution in [-0.2, 0) is 4.79 Å². The van der Waals surface area contributed by atoms with Crippen LogP contribution in [-0.4, -0.2) is 35.0 Å². The molecule has 0 spiro atoms. The summed E-state index contributed by atoms with van der Waals surface area (Å²) in [6.45, 7) is 0.901. The Labute approximate surface area is 161 Å². The zero-order valence-electron chi connectivity index (χ0n) is 13.8. The van der Waals surface area contributed by atoms with Gasteiger partial charge in [0, 0.05) is 18.7 Å². The summed E-state index contributed by atoms with van der Waals surface area (Å²) in [5.74, 6) is -0.291. The summed E-state index contributed by atoms with van der Waals surface area (Å²) >= 11 is 12.1. The molecule has 1 saturated heterocycles. The van der Waals surface area contributed by atoms with Gasteiger partial charge in [0.05, 0.1) is 10.9 Å². The van der Waals surface area contributed by atoms with Crippen molar-refractivity contribution in [1.82, 2.24) is 4.90 Å². The minimum absolute atomic E-state index is 0.110. The topological polar surface area (TPSA) is 66.8 Å². The lowest BCUT2D eigenvalue weighted by atomic mass is 9.96. The molecular weight excluding hydrogens is 377 g/mol. The molecule has 1 aliphatic heterocycles. The number of aliphatic carboxylic acids is 1. The van der Waals surface area contributed by atoms with Crippen LogP contribution in [0.2, 0.25) is 10.0 Å². The fourth-order valence-electron chi connectivity index (χ4n) is 2.87. The molecule has 5 nitrogen and oxygen atoms in total. The van der Waals surface area contributed by atoms with Gasteiger partial charge in [0.2, 0.25) is 0 Å². The molecule has 0 atom stereocenters. The van der Waals surface area contributed by atoms with E-state index in [0.717, 1.165) is 0 Å². The highest BCUT2D eigenvalue weighted by molar-refractivity contribution is 6.42. The van der Waals surface area contributed by atoms with Gasteiger partial charge < -0.3 is 14.7 Å². The highest BCUT2D eigenvalue weighted by Crippen LogP contribution is 2.34. The van der Waals surface area contributed by atoms with Crippen molar-refractivity contribution in [2.24, 2.45) is 5.92 Å². The molecule has 2 aromatic rings. The average Bonchev–Trinajstić information content (AvgIpc) is 2.65. The Morgan fingerprint density at radius 1 is 1.04 bits per heavy atom. The first-order valence-electron chi connectivity index (χ1n) is 8.19. The van der Waals surface area contributed by atoms with Crippen molar-refractivity contribution in [2.75, 3.05) is 13.1 Å². The number of carboxylic acids is 1. The summed E-state index contributed by atoms with van der Waals surface area (Å²) in [6.07, 6.45) is 0.963. The van der Waals surface area contributed by atoms with E-state index in [4.69, 9.17) is 33.0 Å². The van der Waals surface area contributed by atoms with Crippen LogP contribution in [0.4, 0.5) is 0 Å². The summed E-state index contributed by atoms with van der Waals surface area (Å²) in [5, 5.41) is 9.77. The van der Waals surface area contributed by atoms with E-state index in [1.165, 1.54) is 0 Å². The Morgan fingerprint density at radius 3 is 2.31 bits per heavy atom. The number of carbonyl (C=O) groups excluding carboxylic acids is 1. The number of rotatable bonds is 4. The fraction of sp³-hybridized carbons (Fsp3) is 0.263. The standard InChI is InChI=1S/C19H17Cl2NO4/c20-15-2-1-3-16(17(15)21)26-14-6-4-12(5-7-14)18(23)22-10-8-13(9-11-22)19(24)25/h1-7,13H,8-11H2,(H,24,25). The fourth-order valence-corrected chi connectivity index (χ4v) is 3.20. The zero-order valence-corrected chi connectivity index (χ0v) is 15.3. The summed E-state index contributed by atoms with van der Waals surface area (Å²) in [4.78, 5) is 25.2. The van der Waals surface area contributed by atoms with Crippen molar-refractivity contribution in [3.63, 3.8) is 0 Å². The molecule has 0 bridgehead atoms. The predicted molar refractivity (Wildman–Crippen MR) is 99.2 cm³/mol. The molecule has 0 saturated carbocycles. The maximum absolute atomic E-state index is 12.5. The molecule has 26 heavy (non-hydrogen) atoms. The Hall–Kier alpha value is -2.24. The van der Waals surface area contributed by atoms with Crippen LogP contribution in [0.1, 0.15) is 23.2 Å². The normalized spacial score (nSPS) is 14.9. The smallest absolute Gasteiger partial charge is 0.306 e. The van der Waals surface area contributed by atoms with Gasteiger partial charge >= 0.3 is 5.97 Å². The number of ether oxygens (including phenoxy) is 1. The maximum Gasteiger partial charge on any atom is 0.306 e. The highest BCUT2D eigenvalue weighted by Gasteiger charge is 2.27. The van der Waals surface area contributed by atoms with Gasteiger partial charge in [0.15, 0.2) is 0 Å². The quantitative estimate of drug-likeness (QED) is 0.815. The Morgan fingerprint density at radius 2 is 1.69 bits per heavy atom. The number of hydrogen-bond acceptors (Lipinski definition) is 3. The maximum atomic E-state index is 12.5. The second-order valence-corrected chi connectivity index (χ2v) is 6.87. The Balaban J connectivity index is 1.65. The van der Waals surface area contributed by atoms with Gasteiger partial charge in [-0.15, -0.1) is 0 Å². The number of benzene rings is 2. The van der Waals surface area contributed by atoms with Crippen molar-refractivity contribution in [3.05, 3.63) is 58.1 Å². The molecule has 0 aliphatic carbocycles. The van der Waals surface area contributed by atoms with E-state index in [1.54, 1.807) is 47.4 Å². The van der Waals surface area contributed by atoms with Crippen molar-refractivity contribution in [1.29, 1.82) is 0 Å². The Kier molecular flexibility index (Phi) is 5.69. The van der Waals surface area contributed by atoms with Crippen LogP contribution in [0.15, 0.2) is 42.5 Å². The lowest BCUT2D eigenvalue weighted by Crippen LogP contribution is -2.40. The number of carbonyl (C=O) groups is 2. The first-order valence-corrected chi connectivity index (χ1v) is 8.95. The van der Waals surface area contributed by atoms with Gasteiger partial charge in [0.1, 0.15) is 16.5 Å². The number of halogens is 2. The van der Waals surface area contributed by atoms with Gasteiger partial charge in [-0.25, -0.2) is 0 Å². The van der Waals surface area contributed by atoms with E-state index in [9.17, 15) is 9.59 Å². The van der Waals surface area contributed by atoms with E-state index in [-0.39, 0.29) is 11.8 Å². The zero-order chi connectivity index (χ0) is 18.7. The van der Waals surface area contributed by atoms with Gasteiger partial charge in [0.25, 0.3) is 5.91 Å². The first-order chi connectivity index (χ1) is 12.5. The molecule has 0 unspecified atom stereocenters. The van der Waals surface area contributed by atoms with Gasteiger partial charge in [-0.05, 0) is 49.2 Å². The molecule has 7 heteroatoms. The number of carboxylic acid groups (broad SMARTS) is 1. The summed E-state index contributed by atoms with van der Waals surface area (Å²) < 4.78 is 5.70. The van der Waals surface area contributed by atoms with Crippen LogP contribution >= 0.6 is 23.2 Å². The molecule has 2 aromatic carbocycles. The van der Waals surface area contributed by atoms with E-state index >= 15 is 0 Å². The van der Waals surface area contributed by atoms with Crippen molar-refractivity contribution in [3.8, 4) is 11.5 Å². The van der Waals surface area contributed by atoms with E-state index in [2.05, 4.69) is 0 Å². The molecular formula is C19H17Cl2NO4. The molecule has 1 aliphatic rings. The number of amides is 1. The molecule has 0 aromatic heterocycles. The minimum atomic E-state index is -0.793. The molecule has 1 amide bonds. The van der Waals surface area contributed by atoms with Crippen molar-refractivity contribution < 1.29 is 19.4 Å². The minimum Gasteiger partial charge on any atom is -0.481 e. The SMILES string of the molecule is O=C(O)C1CCN(C(=O)c2ccc(Oc3cccc(Cl)c3Cl)cc2)CC1. The number of hydrogen-bond donors (Lipinski definition) is 1. The summed E-state index contributed by atoms with van der Waals surface area (Å²) in [5.41, 5.74) is 0.531. The monoisotopic (exact) mass is 393 g/mol. The second kappa shape index (κ2) is 7.98. The summed E-state index contributed by atoms with van der Waals surface area (Å²) in [6, 6.07) is 11.9. The molecule has 1 fully saturated rings. The number of likely N-dealkylation sites (tertiary alicyclic amines) is 1. The lowest BCUT2D eigenvalue weighted by Gasteiger charge is -2.30. The van der Waals surface area contributed by atoms with Gasteiger partial charge in [-0.1, -0.05) is 29.3 Å². The van der Waals surface area contributed by atoms with E-state index < -0.39 is 5.97 Å². The average molecular weight is 394 g/mol. The molecule has 0 radical (unpaired) electrons. The molecule has 1 N–H and O–H groups in total. The molecule has 1 heterocycles. The predicted octanol–water partition coefficient (Wildman–Crippen LogP) is 4.72. The van der Waals surface area contributed by atoms with Crippen LogP contribution < -0.4 is 4.74 Å². The van der Waals surface area contributed by atoms with Gasteiger partial charge in [-0.3, -0.25) is 9.59 Å². The molecule has 3 rings (SSSR count). The third kappa shape index (κ3) is 4.11. The van der Waals surface area contributed by atoms with Crippen molar-refractivity contribution >= 4 is 35.1 Å².